The summed E-state index contributed by atoms with van der Waals surface area (Å²) in [6.07, 6.45) is -0.451. The van der Waals surface area contributed by atoms with E-state index in [9.17, 15) is 13.6 Å². The van der Waals surface area contributed by atoms with Crippen molar-refractivity contribution in [1.29, 1.82) is 0 Å². The van der Waals surface area contributed by atoms with Crippen LogP contribution in [0.25, 0.3) is 0 Å². The number of carbonyl (C=O) groups excluding carboxylic acids is 1. The molecule has 110 valence electrons. The van der Waals surface area contributed by atoms with Gasteiger partial charge >= 0.3 is 0 Å². The summed E-state index contributed by atoms with van der Waals surface area (Å²) in [5.74, 6) is -1.29. The Balaban J connectivity index is 2.05. The van der Waals surface area contributed by atoms with E-state index in [2.05, 4.69) is 5.32 Å². The molecule has 2 rings (SSSR count). The van der Waals surface area contributed by atoms with Gasteiger partial charge in [-0.1, -0.05) is 19.1 Å². The standard InChI is InChI=1S/C16H15F2NO2/c1-2-14(21-15-6-4-3-5-13(15)18)16(20)19-12-9-7-11(17)8-10-12/h3-10,14H,2H2,1H3,(H,19,20)/t14-/m1/s1. The van der Waals surface area contributed by atoms with Crippen LogP contribution in [0, 0.1) is 11.6 Å². The molecule has 0 aliphatic rings. The third-order valence-corrected chi connectivity index (χ3v) is 2.88. The van der Waals surface area contributed by atoms with Crippen molar-refractivity contribution < 1.29 is 18.3 Å². The maximum atomic E-state index is 13.5. The number of ether oxygens (including phenoxy) is 1. The molecule has 0 aliphatic carbocycles. The van der Waals surface area contributed by atoms with Crippen LogP contribution in [-0.2, 0) is 4.79 Å². The highest BCUT2D eigenvalue weighted by Gasteiger charge is 2.19. The molecule has 1 atom stereocenters. The van der Waals surface area contributed by atoms with Crippen molar-refractivity contribution in [3.05, 3.63) is 60.2 Å². The van der Waals surface area contributed by atoms with E-state index < -0.39 is 17.8 Å². The van der Waals surface area contributed by atoms with Gasteiger partial charge in [-0.2, -0.15) is 0 Å². The first-order valence-electron chi connectivity index (χ1n) is 6.57. The average molecular weight is 291 g/mol. The summed E-state index contributed by atoms with van der Waals surface area (Å²) in [6.45, 7) is 1.76. The molecule has 0 spiro atoms. The minimum absolute atomic E-state index is 0.0265. The highest BCUT2D eigenvalue weighted by atomic mass is 19.1. The number of para-hydroxylation sites is 1. The smallest absolute Gasteiger partial charge is 0.265 e. The fraction of sp³-hybridized carbons (Fsp3) is 0.188. The Kier molecular flexibility index (Phi) is 4.87. The molecule has 1 N–H and O–H groups in total. The van der Waals surface area contributed by atoms with Crippen molar-refractivity contribution in [1.82, 2.24) is 0 Å². The molecule has 5 heteroatoms. The molecule has 0 saturated carbocycles. The van der Waals surface area contributed by atoms with Gasteiger partial charge < -0.3 is 10.1 Å². The molecule has 21 heavy (non-hydrogen) atoms. The van der Waals surface area contributed by atoms with Gasteiger partial charge in [0.1, 0.15) is 5.82 Å². The van der Waals surface area contributed by atoms with Crippen LogP contribution in [0.2, 0.25) is 0 Å². The van der Waals surface area contributed by atoms with Crippen molar-refractivity contribution in [2.75, 3.05) is 5.32 Å². The second-order valence-electron chi connectivity index (χ2n) is 4.44. The molecule has 0 radical (unpaired) electrons. The molecular weight excluding hydrogens is 276 g/mol. The number of rotatable bonds is 5. The molecule has 0 bridgehead atoms. The number of halogens is 2. The van der Waals surface area contributed by atoms with Gasteiger partial charge in [-0.15, -0.1) is 0 Å². The summed E-state index contributed by atoms with van der Waals surface area (Å²) in [5.41, 5.74) is 0.456. The minimum Gasteiger partial charge on any atom is -0.478 e. The number of benzene rings is 2. The Hall–Kier alpha value is -2.43. The first-order valence-corrected chi connectivity index (χ1v) is 6.57. The first-order chi connectivity index (χ1) is 10.1. The molecule has 2 aromatic rings. The van der Waals surface area contributed by atoms with E-state index in [1.165, 1.54) is 36.4 Å². The summed E-state index contributed by atoms with van der Waals surface area (Å²) in [4.78, 5) is 12.1. The van der Waals surface area contributed by atoms with Crippen LogP contribution in [0.5, 0.6) is 5.75 Å². The first kappa shape index (κ1) is 15.0. The van der Waals surface area contributed by atoms with Gasteiger partial charge in [-0.3, -0.25) is 4.79 Å². The zero-order chi connectivity index (χ0) is 15.2. The average Bonchev–Trinajstić information content (AvgIpc) is 2.48. The van der Waals surface area contributed by atoms with Crippen LogP contribution in [-0.4, -0.2) is 12.0 Å². The minimum atomic E-state index is -0.827. The van der Waals surface area contributed by atoms with Gasteiger partial charge in [-0.25, -0.2) is 8.78 Å². The summed E-state index contributed by atoms with van der Waals surface area (Å²) in [7, 11) is 0. The van der Waals surface area contributed by atoms with E-state index in [-0.39, 0.29) is 11.6 Å². The van der Waals surface area contributed by atoms with Gasteiger partial charge in [-0.05, 0) is 42.8 Å². The van der Waals surface area contributed by atoms with Gasteiger partial charge in [0.15, 0.2) is 17.7 Å². The predicted octanol–water partition coefficient (Wildman–Crippen LogP) is 3.76. The van der Waals surface area contributed by atoms with Gasteiger partial charge in [0.25, 0.3) is 5.91 Å². The largest absolute Gasteiger partial charge is 0.478 e. The highest BCUT2D eigenvalue weighted by molar-refractivity contribution is 5.94. The zero-order valence-electron chi connectivity index (χ0n) is 11.5. The lowest BCUT2D eigenvalue weighted by molar-refractivity contribution is -0.122. The van der Waals surface area contributed by atoms with Crippen LogP contribution in [0.4, 0.5) is 14.5 Å². The molecule has 1 amide bonds. The van der Waals surface area contributed by atoms with E-state index in [1.54, 1.807) is 19.1 Å². The lowest BCUT2D eigenvalue weighted by atomic mass is 10.2. The van der Waals surface area contributed by atoms with E-state index in [0.717, 1.165) is 0 Å². The summed E-state index contributed by atoms with van der Waals surface area (Å²) < 4.78 is 31.7. The van der Waals surface area contributed by atoms with Crippen LogP contribution < -0.4 is 10.1 Å². The second kappa shape index (κ2) is 6.83. The third kappa shape index (κ3) is 4.02. The van der Waals surface area contributed by atoms with Crippen molar-refractivity contribution in [2.45, 2.75) is 19.4 Å². The summed E-state index contributed by atoms with van der Waals surface area (Å²) in [5, 5.41) is 2.61. The fourth-order valence-electron chi connectivity index (χ4n) is 1.77. The summed E-state index contributed by atoms with van der Waals surface area (Å²) >= 11 is 0. The number of nitrogens with one attached hydrogen (secondary N) is 1. The van der Waals surface area contributed by atoms with E-state index >= 15 is 0 Å². The molecule has 0 saturated heterocycles. The highest BCUT2D eigenvalue weighted by Crippen LogP contribution is 2.19. The molecule has 3 nitrogen and oxygen atoms in total. The van der Waals surface area contributed by atoms with Crippen LogP contribution in [0.1, 0.15) is 13.3 Å². The number of carbonyl (C=O) groups is 1. The fourth-order valence-corrected chi connectivity index (χ4v) is 1.77. The van der Waals surface area contributed by atoms with Crippen LogP contribution in [0.3, 0.4) is 0 Å². The summed E-state index contributed by atoms with van der Waals surface area (Å²) in [6, 6.07) is 11.3. The monoisotopic (exact) mass is 291 g/mol. The quantitative estimate of drug-likeness (QED) is 0.911. The molecule has 0 unspecified atom stereocenters. The van der Waals surface area contributed by atoms with Crippen LogP contribution >= 0.6 is 0 Å². The molecule has 0 aromatic heterocycles. The maximum Gasteiger partial charge on any atom is 0.265 e. The van der Waals surface area contributed by atoms with Gasteiger partial charge in [0.2, 0.25) is 0 Å². The van der Waals surface area contributed by atoms with E-state index in [4.69, 9.17) is 4.74 Å². The van der Waals surface area contributed by atoms with Crippen molar-refractivity contribution in [3.8, 4) is 5.75 Å². The Morgan fingerprint density at radius 1 is 1.14 bits per heavy atom. The van der Waals surface area contributed by atoms with Crippen LogP contribution in [0.15, 0.2) is 48.5 Å². The lowest BCUT2D eigenvalue weighted by Crippen LogP contribution is -2.32. The zero-order valence-corrected chi connectivity index (χ0v) is 11.5. The van der Waals surface area contributed by atoms with Crippen molar-refractivity contribution in [2.24, 2.45) is 0 Å². The van der Waals surface area contributed by atoms with Gasteiger partial charge in [0, 0.05) is 5.69 Å². The third-order valence-electron chi connectivity index (χ3n) is 2.88. The van der Waals surface area contributed by atoms with E-state index in [1.807, 2.05) is 0 Å². The number of hydrogen-bond donors (Lipinski definition) is 1. The van der Waals surface area contributed by atoms with E-state index in [0.29, 0.717) is 12.1 Å². The molecule has 2 aromatic carbocycles. The molecule has 0 fully saturated rings. The maximum absolute atomic E-state index is 13.5. The molecule has 0 heterocycles. The lowest BCUT2D eigenvalue weighted by Gasteiger charge is -2.17. The topological polar surface area (TPSA) is 38.3 Å². The number of anilines is 1. The van der Waals surface area contributed by atoms with Crippen molar-refractivity contribution in [3.63, 3.8) is 0 Å². The Morgan fingerprint density at radius 2 is 1.81 bits per heavy atom. The molecule has 0 aliphatic heterocycles. The normalized spacial score (nSPS) is 11.8. The number of amides is 1. The second-order valence-corrected chi connectivity index (χ2v) is 4.44. The van der Waals surface area contributed by atoms with Gasteiger partial charge in [0.05, 0.1) is 0 Å². The number of hydrogen-bond acceptors (Lipinski definition) is 2. The predicted molar refractivity (Wildman–Crippen MR) is 76.1 cm³/mol. The molecular formula is C16H15F2NO2. The SMILES string of the molecule is CC[C@@H](Oc1ccccc1F)C(=O)Nc1ccc(F)cc1. The Bertz CT molecular complexity index is 614. The van der Waals surface area contributed by atoms with Crippen molar-refractivity contribution >= 4 is 11.6 Å². The Labute approximate surface area is 121 Å². The Morgan fingerprint density at radius 3 is 2.43 bits per heavy atom.